The second-order valence-corrected chi connectivity index (χ2v) is 17.1. The average molecular weight is 716 g/mol. The SMILES string of the molecule is CCCCCCCCOC(=O)CC[C@@H](C)[C@H]1CC2=C(CCN)O[C@@H]3C[C@@H]4C[C@H](OC(=O)CCN)CC[C@]4(C)C4C[C@H](OC(=O)CCN)[C@@]1(C)[C@@H]2[C@@H]43. The molecule has 10 heteroatoms. The quantitative estimate of drug-likeness (QED) is 0.0783. The lowest BCUT2D eigenvalue weighted by Gasteiger charge is -2.65. The standard InChI is InChI=1S/C41H69N3O7/c1-5-6-7-8-9-10-21-48-35(45)12-11-26(2)30-24-29-32(14-18-42)50-33-23-27-22-28(49-36(46)15-19-43)13-17-40(27,3)31-25-34(51-37(47)16-20-44)41(30,4)39(29)38(31)33/h26-28,30-31,33-34,38-39H,5-25,42-44H2,1-4H3/t26-,27+,28-,30-,31?,33-,34+,38+,39+,40+,41+/m1/s1. The van der Waals surface area contributed by atoms with Crippen LogP contribution in [0.15, 0.2) is 11.3 Å². The highest BCUT2D eigenvalue weighted by Gasteiger charge is 2.70. The molecule has 1 heterocycles. The maximum atomic E-state index is 13.3. The fourth-order valence-corrected chi connectivity index (χ4v) is 11.5. The number of esters is 3. The zero-order chi connectivity index (χ0) is 36.8. The van der Waals surface area contributed by atoms with E-state index < -0.39 is 0 Å². The third-order valence-corrected chi connectivity index (χ3v) is 14.1. The number of allylic oxidation sites excluding steroid dienone is 1. The number of rotatable bonds is 19. The molecule has 0 aromatic heterocycles. The average Bonchev–Trinajstić information content (AvgIpc) is 3.42. The molecule has 0 saturated heterocycles. The molecule has 51 heavy (non-hydrogen) atoms. The van der Waals surface area contributed by atoms with Gasteiger partial charge in [-0.3, -0.25) is 14.4 Å². The first-order valence-corrected chi connectivity index (χ1v) is 20.5. The monoisotopic (exact) mass is 716 g/mol. The van der Waals surface area contributed by atoms with Gasteiger partial charge in [0.05, 0.1) is 25.2 Å². The van der Waals surface area contributed by atoms with Crippen molar-refractivity contribution in [3.63, 3.8) is 0 Å². The third-order valence-electron chi connectivity index (χ3n) is 14.1. The summed E-state index contributed by atoms with van der Waals surface area (Å²) in [5.74, 6) is 1.99. The number of fused-ring (bicyclic) bond motifs is 2. The van der Waals surface area contributed by atoms with Gasteiger partial charge in [-0.15, -0.1) is 0 Å². The molecular formula is C41H69N3O7. The Balaban J connectivity index is 1.38. The number of hydrogen-bond donors (Lipinski definition) is 3. The Morgan fingerprint density at radius 1 is 0.882 bits per heavy atom. The van der Waals surface area contributed by atoms with Gasteiger partial charge >= 0.3 is 17.9 Å². The zero-order valence-corrected chi connectivity index (χ0v) is 32.1. The Kier molecular flexibility index (Phi) is 13.9. The summed E-state index contributed by atoms with van der Waals surface area (Å²) in [5.41, 5.74) is 18.7. The van der Waals surface area contributed by atoms with Crippen molar-refractivity contribution in [3.8, 4) is 0 Å². The van der Waals surface area contributed by atoms with Crippen LogP contribution in [0.1, 0.15) is 137 Å². The lowest BCUT2D eigenvalue weighted by Crippen LogP contribution is -2.64. The van der Waals surface area contributed by atoms with Crippen LogP contribution in [0.3, 0.4) is 0 Å². The summed E-state index contributed by atoms with van der Waals surface area (Å²) in [6.45, 7) is 10.8. The molecule has 10 nitrogen and oxygen atoms in total. The first-order chi connectivity index (χ1) is 24.5. The molecule has 0 amide bonds. The van der Waals surface area contributed by atoms with E-state index in [9.17, 15) is 14.4 Å². The van der Waals surface area contributed by atoms with Gasteiger partial charge in [-0.1, -0.05) is 59.8 Å². The first kappa shape index (κ1) is 40.0. The van der Waals surface area contributed by atoms with Crippen LogP contribution in [-0.4, -0.2) is 62.5 Å². The number of hydrogen-bond acceptors (Lipinski definition) is 10. The van der Waals surface area contributed by atoms with Crippen molar-refractivity contribution >= 4 is 17.9 Å². The van der Waals surface area contributed by atoms with Crippen LogP contribution < -0.4 is 17.2 Å². The van der Waals surface area contributed by atoms with Gasteiger partial charge in [0.1, 0.15) is 18.3 Å². The van der Waals surface area contributed by atoms with Gasteiger partial charge in [0.15, 0.2) is 0 Å². The second kappa shape index (κ2) is 17.8. The van der Waals surface area contributed by atoms with Gasteiger partial charge in [-0.05, 0) is 98.5 Å². The van der Waals surface area contributed by atoms with E-state index in [0.717, 1.165) is 63.5 Å². The Bertz CT molecular complexity index is 1240. The van der Waals surface area contributed by atoms with Crippen LogP contribution in [-0.2, 0) is 33.3 Å². The Morgan fingerprint density at radius 3 is 2.29 bits per heavy atom. The van der Waals surface area contributed by atoms with Crippen molar-refractivity contribution in [1.82, 2.24) is 0 Å². The van der Waals surface area contributed by atoms with Crippen molar-refractivity contribution in [2.24, 2.45) is 63.5 Å². The van der Waals surface area contributed by atoms with Crippen LogP contribution >= 0.6 is 0 Å². The van der Waals surface area contributed by atoms with E-state index in [1.54, 1.807) is 0 Å². The first-order valence-electron chi connectivity index (χ1n) is 20.5. The molecule has 1 aliphatic heterocycles. The lowest BCUT2D eigenvalue weighted by molar-refractivity contribution is -0.224. The van der Waals surface area contributed by atoms with Gasteiger partial charge in [0, 0.05) is 37.3 Å². The third kappa shape index (κ3) is 8.48. The van der Waals surface area contributed by atoms with E-state index in [0.29, 0.717) is 44.4 Å². The minimum absolute atomic E-state index is 0.00109. The van der Waals surface area contributed by atoms with Crippen molar-refractivity contribution in [1.29, 1.82) is 0 Å². The Morgan fingerprint density at radius 2 is 1.59 bits per heavy atom. The fourth-order valence-electron chi connectivity index (χ4n) is 11.5. The molecular weight excluding hydrogens is 646 g/mol. The molecule has 0 spiro atoms. The van der Waals surface area contributed by atoms with E-state index in [2.05, 4.69) is 27.7 Å². The highest BCUT2D eigenvalue weighted by Crippen LogP contribution is 2.72. The van der Waals surface area contributed by atoms with Gasteiger partial charge in [0.2, 0.25) is 0 Å². The maximum absolute atomic E-state index is 13.3. The van der Waals surface area contributed by atoms with Gasteiger partial charge in [-0.25, -0.2) is 0 Å². The molecule has 0 aromatic rings. The van der Waals surface area contributed by atoms with Crippen LogP contribution in [0.25, 0.3) is 0 Å². The normalized spacial score (nSPS) is 35.7. The van der Waals surface area contributed by atoms with Crippen molar-refractivity contribution in [2.45, 2.75) is 155 Å². The molecule has 4 fully saturated rings. The van der Waals surface area contributed by atoms with E-state index in [-0.39, 0.29) is 90.1 Å². The molecule has 4 aliphatic carbocycles. The van der Waals surface area contributed by atoms with E-state index in [4.69, 9.17) is 36.1 Å². The summed E-state index contributed by atoms with van der Waals surface area (Å²) in [5, 5.41) is 0. The van der Waals surface area contributed by atoms with E-state index in [1.165, 1.54) is 31.3 Å². The number of ether oxygens (including phenoxy) is 4. The fraction of sp³-hybridized carbons (Fsp3) is 0.878. The smallest absolute Gasteiger partial charge is 0.307 e. The van der Waals surface area contributed by atoms with Gasteiger partial charge in [0.25, 0.3) is 0 Å². The molecule has 0 bridgehead atoms. The van der Waals surface area contributed by atoms with Crippen molar-refractivity contribution in [3.05, 3.63) is 11.3 Å². The van der Waals surface area contributed by atoms with Crippen LogP contribution in [0.2, 0.25) is 0 Å². The number of unbranched alkanes of at least 4 members (excludes halogenated alkanes) is 5. The highest BCUT2D eigenvalue weighted by atomic mass is 16.6. The summed E-state index contributed by atoms with van der Waals surface area (Å²) in [6, 6.07) is 0. The summed E-state index contributed by atoms with van der Waals surface area (Å²) < 4.78 is 25.2. The molecule has 290 valence electrons. The molecule has 11 atom stereocenters. The summed E-state index contributed by atoms with van der Waals surface area (Å²) in [7, 11) is 0. The molecule has 6 N–H and O–H groups in total. The van der Waals surface area contributed by atoms with Crippen LogP contribution in [0.5, 0.6) is 0 Å². The highest BCUT2D eigenvalue weighted by molar-refractivity contribution is 5.70. The Labute approximate surface area is 307 Å². The predicted molar refractivity (Wildman–Crippen MR) is 197 cm³/mol. The van der Waals surface area contributed by atoms with Crippen molar-refractivity contribution in [2.75, 3.05) is 26.2 Å². The van der Waals surface area contributed by atoms with Crippen LogP contribution in [0.4, 0.5) is 0 Å². The largest absolute Gasteiger partial charge is 0.494 e. The predicted octanol–water partition coefficient (Wildman–Crippen LogP) is 6.32. The lowest BCUT2D eigenvalue weighted by atomic mass is 9.42. The second-order valence-electron chi connectivity index (χ2n) is 17.1. The number of nitrogens with two attached hydrogens (primary N) is 3. The molecule has 0 aromatic carbocycles. The van der Waals surface area contributed by atoms with Crippen molar-refractivity contribution < 1.29 is 33.3 Å². The van der Waals surface area contributed by atoms with E-state index >= 15 is 0 Å². The minimum Gasteiger partial charge on any atom is -0.494 e. The van der Waals surface area contributed by atoms with Gasteiger partial charge < -0.3 is 36.1 Å². The molecule has 1 unspecified atom stereocenters. The Hall–Kier alpha value is -2.17. The number of carbonyl (C=O) groups is 3. The molecule has 4 saturated carbocycles. The summed E-state index contributed by atoms with van der Waals surface area (Å²) >= 11 is 0. The van der Waals surface area contributed by atoms with Gasteiger partial charge in [-0.2, -0.15) is 0 Å². The number of carbonyl (C=O) groups excluding carboxylic acids is 3. The maximum Gasteiger partial charge on any atom is 0.307 e. The van der Waals surface area contributed by atoms with E-state index in [1.807, 2.05) is 0 Å². The summed E-state index contributed by atoms with van der Waals surface area (Å²) in [6.07, 6.45) is 14.0. The summed E-state index contributed by atoms with van der Waals surface area (Å²) in [4.78, 5) is 38.6. The molecule has 5 rings (SSSR count). The molecule has 5 aliphatic rings. The zero-order valence-electron chi connectivity index (χ0n) is 32.1. The minimum atomic E-state index is -0.317. The van der Waals surface area contributed by atoms with Crippen LogP contribution in [0, 0.1) is 46.3 Å². The molecule has 0 radical (unpaired) electrons. The topological polar surface area (TPSA) is 166 Å².